The fourth-order valence-electron chi connectivity index (χ4n) is 1.95. The maximum Gasteiger partial charge on any atom is 0.323 e. The van der Waals surface area contributed by atoms with Gasteiger partial charge in [-0.3, -0.25) is 4.90 Å². The van der Waals surface area contributed by atoms with Gasteiger partial charge in [-0.05, 0) is 19.3 Å². The second kappa shape index (κ2) is 7.92. The number of anilines is 1. The van der Waals surface area contributed by atoms with Gasteiger partial charge in [-0.15, -0.1) is 10.2 Å². The quantitative estimate of drug-likeness (QED) is 0.506. The van der Waals surface area contributed by atoms with E-state index < -0.39 is 0 Å². The van der Waals surface area contributed by atoms with Crippen molar-refractivity contribution >= 4 is 34.3 Å². The number of rotatable bonds is 5. The molecular formula is C12H20N4O3S2. The Bertz CT molecular complexity index is 465. The van der Waals surface area contributed by atoms with E-state index >= 15 is 0 Å². The molecule has 7 nitrogen and oxygen atoms in total. The van der Waals surface area contributed by atoms with E-state index in [2.05, 4.69) is 22.4 Å². The first-order chi connectivity index (χ1) is 10.1. The first-order valence-electron chi connectivity index (χ1n) is 6.84. The average molecular weight is 332 g/mol. The van der Waals surface area contributed by atoms with Crippen molar-refractivity contribution in [1.82, 2.24) is 15.5 Å². The molecule has 0 saturated carbocycles. The van der Waals surface area contributed by atoms with E-state index in [-0.39, 0.29) is 12.1 Å². The van der Waals surface area contributed by atoms with Crippen LogP contribution in [0.25, 0.3) is 0 Å². The molecule has 1 fully saturated rings. The van der Waals surface area contributed by atoms with Crippen molar-refractivity contribution in [3.8, 4) is 0 Å². The van der Waals surface area contributed by atoms with Gasteiger partial charge in [0.25, 0.3) is 0 Å². The molecule has 2 amide bonds. The van der Waals surface area contributed by atoms with Gasteiger partial charge in [-0.1, -0.05) is 30.0 Å². The van der Waals surface area contributed by atoms with E-state index in [1.165, 1.54) is 16.2 Å². The SMILES string of the molecule is CNC(=O)N(C)c1nnc(SC(C)CC2CCCOO2)s1. The van der Waals surface area contributed by atoms with Crippen LogP contribution in [0.1, 0.15) is 26.2 Å². The van der Waals surface area contributed by atoms with Crippen molar-refractivity contribution in [2.75, 3.05) is 25.6 Å². The lowest BCUT2D eigenvalue weighted by Crippen LogP contribution is -2.34. The topological polar surface area (TPSA) is 76.6 Å². The van der Waals surface area contributed by atoms with Crippen LogP contribution in [0, 0.1) is 0 Å². The molecule has 0 aromatic carbocycles. The van der Waals surface area contributed by atoms with Gasteiger partial charge >= 0.3 is 6.03 Å². The summed E-state index contributed by atoms with van der Waals surface area (Å²) in [6.45, 7) is 2.82. The summed E-state index contributed by atoms with van der Waals surface area (Å²) >= 11 is 3.05. The average Bonchev–Trinajstić information content (AvgIpc) is 2.94. The molecule has 1 saturated heterocycles. The number of hydrogen-bond donors (Lipinski definition) is 1. The van der Waals surface area contributed by atoms with E-state index in [9.17, 15) is 4.79 Å². The Morgan fingerprint density at radius 2 is 2.43 bits per heavy atom. The van der Waals surface area contributed by atoms with Crippen LogP contribution in [0.2, 0.25) is 0 Å². The standard InChI is InChI=1S/C12H20N4O3S2/c1-8(7-9-5-4-6-18-19-9)20-12-15-14-11(21-12)16(3)10(17)13-2/h8-9H,4-7H2,1-3H3,(H,13,17). The van der Waals surface area contributed by atoms with Crippen LogP contribution in [-0.2, 0) is 9.78 Å². The number of nitrogens with zero attached hydrogens (tertiary/aromatic N) is 3. The molecule has 9 heteroatoms. The highest BCUT2D eigenvalue weighted by Crippen LogP contribution is 2.33. The molecule has 1 aromatic heterocycles. The summed E-state index contributed by atoms with van der Waals surface area (Å²) in [5.74, 6) is 0. The number of aromatic nitrogens is 2. The largest absolute Gasteiger partial charge is 0.341 e. The Labute approximate surface area is 132 Å². The zero-order valence-electron chi connectivity index (χ0n) is 12.4. The second-order valence-electron chi connectivity index (χ2n) is 4.81. The zero-order valence-corrected chi connectivity index (χ0v) is 14.0. The van der Waals surface area contributed by atoms with Crippen LogP contribution in [0.5, 0.6) is 0 Å². The van der Waals surface area contributed by atoms with E-state index in [1.807, 2.05) is 0 Å². The van der Waals surface area contributed by atoms with Gasteiger partial charge in [0.2, 0.25) is 5.13 Å². The fraction of sp³-hybridized carbons (Fsp3) is 0.750. The third-order valence-corrected chi connectivity index (χ3v) is 5.27. The lowest BCUT2D eigenvalue weighted by molar-refractivity contribution is -0.345. The van der Waals surface area contributed by atoms with Crippen LogP contribution in [0.15, 0.2) is 4.34 Å². The summed E-state index contributed by atoms with van der Waals surface area (Å²) in [6.07, 6.45) is 3.14. The predicted octanol–water partition coefficient (Wildman–Crippen LogP) is 2.29. The minimum atomic E-state index is -0.205. The minimum Gasteiger partial charge on any atom is -0.341 e. The van der Waals surface area contributed by atoms with Gasteiger partial charge < -0.3 is 5.32 Å². The Hall–Kier alpha value is -0.900. The molecule has 2 heterocycles. The Kier molecular flexibility index (Phi) is 6.22. The summed E-state index contributed by atoms with van der Waals surface area (Å²) in [5, 5.41) is 11.7. The number of hydrogen-bond acceptors (Lipinski definition) is 7. The van der Waals surface area contributed by atoms with Gasteiger partial charge in [-0.25, -0.2) is 14.6 Å². The number of thioether (sulfide) groups is 1. The van der Waals surface area contributed by atoms with Crippen LogP contribution >= 0.6 is 23.1 Å². The fourth-order valence-corrected chi connectivity index (χ4v) is 4.14. The Balaban J connectivity index is 1.85. The van der Waals surface area contributed by atoms with Gasteiger partial charge in [0.15, 0.2) is 4.34 Å². The molecule has 0 aliphatic carbocycles. The molecule has 1 N–H and O–H groups in total. The first kappa shape index (κ1) is 16.5. The van der Waals surface area contributed by atoms with Crippen molar-refractivity contribution < 1.29 is 14.6 Å². The third kappa shape index (κ3) is 4.80. The van der Waals surface area contributed by atoms with E-state index in [4.69, 9.17) is 9.78 Å². The van der Waals surface area contributed by atoms with Crippen molar-refractivity contribution in [2.24, 2.45) is 0 Å². The number of amides is 2. The molecule has 2 unspecified atom stereocenters. The van der Waals surface area contributed by atoms with E-state index in [0.717, 1.165) is 23.6 Å². The normalized spacial score (nSPS) is 20.0. The Morgan fingerprint density at radius 3 is 3.10 bits per heavy atom. The van der Waals surface area contributed by atoms with Crippen molar-refractivity contribution in [1.29, 1.82) is 0 Å². The lowest BCUT2D eigenvalue weighted by atomic mass is 10.1. The number of carbonyl (C=O) groups excluding carboxylic acids is 1. The van der Waals surface area contributed by atoms with E-state index in [0.29, 0.717) is 17.0 Å². The molecule has 21 heavy (non-hydrogen) atoms. The molecule has 118 valence electrons. The summed E-state index contributed by atoms with van der Waals surface area (Å²) in [4.78, 5) is 23.3. The van der Waals surface area contributed by atoms with Crippen LogP contribution in [0.3, 0.4) is 0 Å². The maximum absolute atomic E-state index is 11.5. The maximum atomic E-state index is 11.5. The monoisotopic (exact) mass is 332 g/mol. The number of urea groups is 1. The molecule has 0 spiro atoms. The molecule has 0 radical (unpaired) electrons. The second-order valence-corrected chi connectivity index (χ2v) is 7.45. The van der Waals surface area contributed by atoms with Crippen LogP contribution in [0.4, 0.5) is 9.93 Å². The molecule has 0 bridgehead atoms. The van der Waals surface area contributed by atoms with Gasteiger partial charge in [-0.2, -0.15) is 0 Å². The van der Waals surface area contributed by atoms with Crippen molar-refractivity contribution in [2.45, 2.75) is 41.9 Å². The summed E-state index contributed by atoms with van der Waals surface area (Å²) in [7, 11) is 3.26. The molecule has 1 aliphatic heterocycles. The highest BCUT2D eigenvalue weighted by atomic mass is 32.2. The highest BCUT2D eigenvalue weighted by Gasteiger charge is 2.21. The minimum absolute atomic E-state index is 0.155. The lowest BCUT2D eigenvalue weighted by Gasteiger charge is -2.23. The number of nitrogens with one attached hydrogen (secondary N) is 1. The molecule has 1 aliphatic rings. The van der Waals surface area contributed by atoms with Gasteiger partial charge in [0.05, 0.1) is 12.7 Å². The van der Waals surface area contributed by atoms with E-state index in [1.54, 1.807) is 25.9 Å². The highest BCUT2D eigenvalue weighted by molar-refractivity contribution is 8.01. The molecule has 2 atom stereocenters. The first-order valence-corrected chi connectivity index (χ1v) is 8.53. The molecular weight excluding hydrogens is 312 g/mol. The summed E-state index contributed by atoms with van der Waals surface area (Å²) < 4.78 is 0.852. The molecule has 2 rings (SSSR count). The summed E-state index contributed by atoms with van der Waals surface area (Å²) in [6, 6.07) is -0.205. The predicted molar refractivity (Wildman–Crippen MR) is 82.8 cm³/mol. The molecule has 1 aromatic rings. The number of carbonyl (C=O) groups is 1. The zero-order chi connectivity index (χ0) is 15.2. The smallest absolute Gasteiger partial charge is 0.323 e. The van der Waals surface area contributed by atoms with Crippen molar-refractivity contribution in [3.63, 3.8) is 0 Å². The van der Waals surface area contributed by atoms with Crippen LogP contribution in [-0.4, -0.2) is 48.3 Å². The Morgan fingerprint density at radius 1 is 1.62 bits per heavy atom. The third-order valence-electron chi connectivity index (χ3n) is 3.06. The summed E-state index contributed by atoms with van der Waals surface area (Å²) in [5.41, 5.74) is 0. The van der Waals surface area contributed by atoms with Crippen LogP contribution < -0.4 is 10.2 Å². The van der Waals surface area contributed by atoms with Gasteiger partial charge in [0, 0.05) is 19.3 Å². The van der Waals surface area contributed by atoms with Crippen molar-refractivity contribution in [3.05, 3.63) is 0 Å². The van der Waals surface area contributed by atoms with Gasteiger partial charge in [0.1, 0.15) is 0 Å².